The molecule has 0 N–H and O–H groups in total. The monoisotopic (exact) mass is 171 g/mol. The molecule has 1 unspecified atom stereocenters. The summed E-state index contributed by atoms with van der Waals surface area (Å²) in [5.41, 5.74) is 0. The van der Waals surface area contributed by atoms with E-state index in [9.17, 15) is 0 Å². The molecule has 0 bridgehead atoms. The van der Waals surface area contributed by atoms with Crippen molar-refractivity contribution in [3.05, 3.63) is 0 Å². The SMILES string of the molecule is CCC(C)CN(C(C)C)C(C)C. The molecule has 74 valence electrons. The van der Waals surface area contributed by atoms with Gasteiger partial charge in [0.05, 0.1) is 0 Å². The lowest BCUT2D eigenvalue weighted by atomic mass is 10.1. The zero-order valence-electron chi connectivity index (χ0n) is 9.59. The largest absolute Gasteiger partial charge is 0.298 e. The molecule has 0 saturated carbocycles. The molecule has 0 spiro atoms. The van der Waals surface area contributed by atoms with Gasteiger partial charge in [-0.25, -0.2) is 0 Å². The van der Waals surface area contributed by atoms with Crippen LogP contribution in [0, 0.1) is 5.92 Å². The van der Waals surface area contributed by atoms with Gasteiger partial charge in [0.1, 0.15) is 0 Å². The lowest BCUT2D eigenvalue weighted by Gasteiger charge is -2.32. The van der Waals surface area contributed by atoms with Crippen molar-refractivity contribution in [1.82, 2.24) is 4.90 Å². The molecule has 0 aliphatic rings. The van der Waals surface area contributed by atoms with Crippen LogP contribution in [0.3, 0.4) is 0 Å². The zero-order valence-corrected chi connectivity index (χ0v) is 9.59. The van der Waals surface area contributed by atoms with Gasteiger partial charge in [-0.15, -0.1) is 0 Å². The Morgan fingerprint density at radius 2 is 1.33 bits per heavy atom. The summed E-state index contributed by atoms with van der Waals surface area (Å²) >= 11 is 0. The third-order valence-corrected chi connectivity index (χ3v) is 2.55. The van der Waals surface area contributed by atoms with Crippen LogP contribution in [0.4, 0.5) is 0 Å². The van der Waals surface area contributed by atoms with Crippen LogP contribution in [-0.2, 0) is 0 Å². The average Bonchev–Trinajstić information content (AvgIpc) is 1.98. The lowest BCUT2D eigenvalue weighted by Crippen LogP contribution is -2.39. The maximum Gasteiger partial charge on any atom is 0.00414 e. The van der Waals surface area contributed by atoms with Crippen molar-refractivity contribution >= 4 is 0 Å². The van der Waals surface area contributed by atoms with Crippen molar-refractivity contribution in [2.45, 2.75) is 60.0 Å². The molecule has 0 aliphatic heterocycles. The second-order valence-corrected chi connectivity index (χ2v) is 4.40. The molecule has 0 saturated heterocycles. The van der Waals surface area contributed by atoms with Gasteiger partial charge in [-0.2, -0.15) is 0 Å². The minimum atomic E-state index is 0.680. The van der Waals surface area contributed by atoms with E-state index >= 15 is 0 Å². The van der Waals surface area contributed by atoms with Crippen LogP contribution >= 0.6 is 0 Å². The molecule has 0 aromatic carbocycles. The van der Waals surface area contributed by atoms with Crippen molar-refractivity contribution in [3.63, 3.8) is 0 Å². The molecular formula is C11H25N. The van der Waals surface area contributed by atoms with Gasteiger partial charge in [-0.05, 0) is 33.6 Å². The molecule has 1 atom stereocenters. The topological polar surface area (TPSA) is 3.24 Å². The summed E-state index contributed by atoms with van der Waals surface area (Å²) in [6, 6.07) is 1.36. The Kier molecular flexibility index (Phi) is 5.56. The Hall–Kier alpha value is -0.0400. The highest BCUT2D eigenvalue weighted by molar-refractivity contribution is 4.69. The third-order valence-electron chi connectivity index (χ3n) is 2.55. The fraction of sp³-hybridized carbons (Fsp3) is 1.00. The lowest BCUT2D eigenvalue weighted by molar-refractivity contribution is 0.149. The van der Waals surface area contributed by atoms with E-state index in [1.54, 1.807) is 0 Å². The zero-order chi connectivity index (χ0) is 9.72. The maximum absolute atomic E-state index is 2.56. The fourth-order valence-electron chi connectivity index (χ4n) is 1.51. The smallest absolute Gasteiger partial charge is 0.00414 e. The van der Waals surface area contributed by atoms with Crippen molar-refractivity contribution in [2.24, 2.45) is 5.92 Å². The Labute approximate surface area is 78.1 Å². The van der Waals surface area contributed by atoms with Gasteiger partial charge in [0.25, 0.3) is 0 Å². The summed E-state index contributed by atoms with van der Waals surface area (Å²) in [4.78, 5) is 2.56. The van der Waals surface area contributed by atoms with Crippen LogP contribution in [0.15, 0.2) is 0 Å². The molecule has 0 rings (SSSR count). The molecule has 1 nitrogen and oxygen atoms in total. The highest BCUT2D eigenvalue weighted by Crippen LogP contribution is 2.10. The van der Waals surface area contributed by atoms with Gasteiger partial charge in [0.2, 0.25) is 0 Å². The highest BCUT2D eigenvalue weighted by atomic mass is 15.2. The van der Waals surface area contributed by atoms with Gasteiger partial charge >= 0.3 is 0 Å². The normalized spacial score (nSPS) is 14.8. The second-order valence-electron chi connectivity index (χ2n) is 4.40. The van der Waals surface area contributed by atoms with E-state index in [1.807, 2.05) is 0 Å². The van der Waals surface area contributed by atoms with Crippen LogP contribution in [-0.4, -0.2) is 23.5 Å². The summed E-state index contributed by atoms with van der Waals surface area (Å²) in [6.07, 6.45) is 1.29. The Balaban J connectivity index is 3.95. The fourth-order valence-corrected chi connectivity index (χ4v) is 1.51. The quantitative estimate of drug-likeness (QED) is 0.614. The van der Waals surface area contributed by atoms with Crippen molar-refractivity contribution in [2.75, 3.05) is 6.54 Å². The van der Waals surface area contributed by atoms with Crippen molar-refractivity contribution < 1.29 is 0 Å². The first-order valence-electron chi connectivity index (χ1n) is 5.24. The van der Waals surface area contributed by atoms with E-state index in [4.69, 9.17) is 0 Å². The summed E-state index contributed by atoms with van der Waals surface area (Å²) in [6.45, 7) is 15.0. The van der Waals surface area contributed by atoms with E-state index in [0.717, 1.165) is 5.92 Å². The molecular weight excluding hydrogens is 146 g/mol. The molecule has 0 aromatic heterocycles. The van der Waals surface area contributed by atoms with Crippen LogP contribution < -0.4 is 0 Å². The summed E-state index contributed by atoms with van der Waals surface area (Å²) < 4.78 is 0. The third kappa shape index (κ3) is 4.10. The Bertz CT molecular complexity index is 99.6. The van der Waals surface area contributed by atoms with E-state index in [1.165, 1.54) is 13.0 Å². The van der Waals surface area contributed by atoms with Crippen LogP contribution in [0.1, 0.15) is 48.0 Å². The second kappa shape index (κ2) is 5.58. The number of hydrogen-bond acceptors (Lipinski definition) is 1. The van der Waals surface area contributed by atoms with Crippen molar-refractivity contribution in [3.8, 4) is 0 Å². The standard InChI is InChI=1S/C11H25N/c1-7-11(6)8-12(9(2)3)10(4)5/h9-11H,7-8H2,1-6H3. The Morgan fingerprint density at radius 3 is 1.58 bits per heavy atom. The predicted octanol–water partition coefficient (Wildman–Crippen LogP) is 3.15. The molecule has 0 amide bonds. The van der Waals surface area contributed by atoms with E-state index in [2.05, 4.69) is 46.4 Å². The number of rotatable bonds is 5. The van der Waals surface area contributed by atoms with Crippen LogP contribution in [0.25, 0.3) is 0 Å². The van der Waals surface area contributed by atoms with Crippen molar-refractivity contribution in [1.29, 1.82) is 0 Å². The average molecular weight is 171 g/mol. The van der Waals surface area contributed by atoms with Crippen LogP contribution in [0.2, 0.25) is 0 Å². The summed E-state index contributed by atoms with van der Waals surface area (Å²) in [5, 5.41) is 0. The first-order valence-corrected chi connectivity index (χ1v) is 5.24. The maximum atomic E-state index is 2.56. The molecule has 1 heteroatoms. The summed E-state index contributed by atoms with van der Waals surface area (Å²) in [5.74, 6) is 0.829. The van der Waals surface area contributed by atoms with Gasteiger partial charge in [0, 0.05) is 18.6 Å². The van der Waals surface area contributed by atoms with Gasteiger partial charge in [-0.1, -0.05) is 20.3 Å². The molecule has 0 aromatic rings. The number of nitrogens with zero attached hydrogens (tertiary/aromatic N) is 1. The van der Waals surface area contributed by atoms with Gasteiger partial charge in [-0.3, -0.25) is 4.90 Å². The molecule has 0 fully saturated rings. The minimum Gasteiger partial charge on any atom is -0.298 e. The molecule has 0 radical (unpaired) electrons. The highest BCUT2D eigenvalue weighted by Gasteiger charge is 2.14. The summed E-state index contributed by atoms with van der Waals surface area (Å²) in [7, 11) is 0. The predicted molar refractivity (Wildman–Crippen MR) is 56.4 cm³/mol. The first-order chi connectivity index (χ1) is 5.49. The van der Waals surface area contributed by atoms with Gasteiger partial charge in [0.15, 0.2) is 0 Å². The molecule has 12 heavy (non-hydrogen) atoms. The molecule has 0 heterocycles. The van der Waals surface area contributed by atoms with E-state index in [0.29, 0.717) is 12.1 Å². The van der Waals surface area contributed by atoms with Gasteiger partial charge < -0.3 is 0 Å². The van der Waals surface area contributed by atoms with E-state index < -0.39 is 0 Å². The van der Waals surface area contributed by atoms with Crippen LogP contribution in [0.5, 0.6) is 0 Å². The van der Waals surface area contributed by atoms with E-state index in [-0.39, 0.29) is 0 Å². The molecule has 0 aliphatic carbocycles. The minimum absolute atomic E-state index is 0.680. The Morgan fingerprint density at radius 1 is 0.917 bits per heavy atom. The number of hydrogen-bond donors (Lipinski definition) is 0. The first kappa shape index (κ1) is 12.0.